The van der Waals surface area contributed by atoms with Gasteiger partial charge in [0.05, 0.1) is 54.1 Å². The molecular weight excluding hydrogens is 556 g/mol. The zero-order valence-corrected chi connectivity index (χ0v) is 22.9. The standard InChI is InChI=1S/C27H29F2N7O4S/c28-27(29)16-35(17-27)23-14-18(13-20-3-8-30-36(20)23)24-31-32-25(40-24)21-2-1-19(33-41(38,39)12-11-37)15-22(21)34-9-6-26(4-5-26)7-10-34/h1-3,8,13-15,33,37H,4-7,9-12,16-17H2. The summed E-state index contributed by atoms with van der Waals surface area (Å²) in [5, 5.41) is 22.0. The smallest absolute Gasteiger partial charge is 0.282 e. The van der Waals surface area contributed by atoms with Gasteiger partial charge < -0.3 is 19.3 Å². The molecule has 4 aromatic rings. The normalized spacial score (nSPS) is 19.5. The number of benzene rings is 1. The first-order chi connectivity index (χ1) is 19.6. The molecule has 0 atom stereocenters. The number of hydrogen-bond acceptors (Lipinski definition) is 9. The summed E-state index contributed by atoms with van der Waals surface area (Å²) in [6.07, 6.45) is 6.23. The monoisotopic (exact) mass is 585 g/mol. The summed E-state index contributed by atoms with van der Waals surface area (Å²) < 4.78 is 62.2. The van der Waals surface area contributed by atoms with E-state index in [1.807, 2.05) is 6.07 Å². The van der Waals surface area contributed by atoms with Crippen molar-refractivity contribution in [3.8, 4) is 22.9 Å². The summed E-state index contributed by atoms with van der Waals surface area (Å²) >= 11 is 0. The van der Waals surface area contributed by atoms with Gasteiger partial charge in [-0.25, -0.2) is 21.7 Å². The molecule has 2 N–H and O–H groups in total. The van der Waals surface area contributed by atoms with Crippen LogP contribution in [0.1, 0.15) is 25.7 Å². The van der Waals surface area contributed by atoms with Crippen LogP contribution in [-0.2, 0) is 10.0 Å². The van der Waals surface area contributed by atoms with Crippen LogP contribution in [0.3, 0.4) is 0 Å². The van der Waals surface area contributed by atoms with Gasteiger partial charge in [0.25, 0.3) is 5.92 Å². The second-order valence-corrected chi connectivity index (χ2v) is 13.1. The average molecular weight is 586 g/mol. The predicted molar refractivity (Wildman–Crippen MR) is 149 cm³/mol. The highest BCUT2D eigenvalue weighted by Gasteiger charge is 2.45. The molecule has 1 aromatic carbocycles. The Morgan fingerprint density at radius 2 is 1.73 bits per heavy atom. The van der Waals surface area contributed by atoms with Crippen molar-refractivity contribution in [3.05, 3.63) is 42.6 Å². The fourth-order valence-electron chi connectivity index (χ4n) is 5.77. The molecule has 0 unspecified atom stereocenters. The van der Waals surface area contributed by atoms with Crippen LogP contribution in [0.15, 0.2) is 47.0 Å². The fraction of sp³-hybridized carbons (Fsp3) is 0.444. The van der Waals surface area contributed by atoms with Gasteiger partial charge in [-0.1, -0.05) is 0 Å². The number of alkyl halides is 2. The lowest BCUT2D eigenvalue weighted by atomic mass is 9.93. The van der Waals surface area contributed by atoms with Gasteiger partial charge in [-0.3, -0.25) is 4.72 Å². The van der Waals surface area contributed by atoms with E-state index in [0.717, 1.165) is 31.6 Å². The Morgan fingerprint density at radius 1 is 0.976 bits per heavy atom. The molecule has 14 heteroatoms. The van der Waals surface area contributed by atoms with Gasteiger partial charge in [0.15, 0.2) is 0 Å². The van der Waals surface area contributed by atoms with Crippen LogP contribution < -0.4 is 14.5 Å². The number of fused-ring (bicyclic) bond motifs is 1. The highest BCUT2D eigenvalue weighted by molar-refractivity contribution is 7.92. The first-order valence-corrected chi connectivity index (χ1v) is 15.2. The number of aliphatic hydroxyl groups is 1. The number of halogens is 2. The van der Waals surface area contributed by atoms with Crippen LogP contribution >= 0.6 is 0 Å². The summed E-state index contributed by atoms with van der Waals surface area (Å²) in [4.78, 5) is 3.77. The summed E-state index contributed by atoms with van der Waals surface area (Å²) in [6, 6.07) is 10.4. The van der Waals surface area contributed by atoms with E-state index in [-0.39, 0.29) is 11.8 Å². The third kappa shape index (κ3) is 4.99. The molecule has 11 nitrogen and oxygen atoms in total. The van der Waals surface area contributed by atoms with E-state index >= 15 is 0 Å². The van der Waals surface area contributed by atoms with Gasteiger partial charge in [-0.05, 0) is 67.5 Å². The molecule has 1 saturated carbocycles. The Hall–Kier alpha value is -3.78. The Morgan fingerprint density at radius 3 is 2.44 bits per heavy atom. The summed E-state index contributed by atoms with van der Waals surface area (Å²) in [5.41, 5.74) is 3.54. The first kappa shape index (κ1) is 26.1. The number of piperidine rings is 1. The van der Waals surface area contributed by atoms with Crippen LogP contribution in [0.25, 0.3) is 28.4 Å². The van der Waals surface area contributed by atoms with E-state index in [4.69, 9.17) is 9.52 Å². The maximum Gasteiger partial charge on any atom is 0.282 e. The molecular formula is C27H29F2N7O4S. The molecule has 2 saturated heterocycles. The minimum absolute atomic E-state index is 0.228. The van der Waals surface area contributed by atoms with E-state index in [1.54, 1.807) is 45.9 Å². The summed E-state index contributed by atoms with van der Waals surface area (Å²) in [7, 11) is -3.71. The van der Waals surface area contributed by atoms with Gasteiger partial charge in [0.2, 0.25) is 21.8 Å². The SMILES string of the molecule is O=S(=O)(CCO)Nc1ccc(-c2nnc(-c3cc(N4CC(F)(F)C4)n4nccc4c3)o2)c(N2CCC3(CC2)CC3)c1. The number of nitrogens with one attached hydrogen (secondary N) is 1. The second kappa shape index (κ2) is 9.38. The van der Waals surface area contributed by atoms with Crippen LogP contribution in [-0.4, -0.2) is 77.8 Å². The molecule has 7 rings (SSSR count). The van der Waals surface area contributed by atoms with Gasteiger partial charge in [0, 0.05) is 18.7 Å². The summed E-state index contributed by atoms with van der Waals surface area (Å²) in [5.74, 6) is -2.14. The Bertz CT molecular complexity index is 1720. The van der Waals surface area contributed by atoms with Crippen molar-refractivity contribution in [2.24, 2.45) is 5.41 Å². The molecule has 41 heavy (non-hydrogen) atoms. The van der Waals surface area contributed by atoms with E-state index in [1.165, 1.54) is 12.8 Å². The fourth-order valence-corrected chi connectivity index (χ4v) is 6.60. The zero-order chi connectivity index (χ0) is 28.4. The van der Waals surface area contributed by atoms with Crippen LogP contribution in [0, 0.1) is 5.41 Å². The number of aliphatic hydroxyl groups excluding tert-OH is 1. The lowest BCUT2D eigenvalue weighted by Crippen LogP contribution is -2.57. The van der Waals surface area contributed by atoms with Crippen molar-refractivity contribution < 1.29 is 26.7 Å². The largest absolute Gasteiger partial charge is 0.416 e. The molecule has 1 spiro atoms. The number of aromatic nitrogens is 4. The zero-order valence-electron chi connectivity index (χ0n) is 22.1. The third-order valence-electron chi connectivity index (χ3n) is 8.30. The van der Waals surface area contributed by atoms with Gasteiger partial charge >= 0.3 is 0 Å². The minimum Gasteiger partial charge on any atom is -0.416 e. The highest BCUT2D eigenvalue weighted by atomic mass is 32.2. The maximum atomic E-state index is 13.6. The number of sulfonamides is 1. The molecule has 0 radical (unpaired) electrons. The minimum atomic E-state index is -3.71. The number of anilines is 3. The van der Waals surface area contributed by atoms with E-state index < -0.39 is 41.4 Å². The lowest BCUT2D eigenvalue weighted by molar-refractivity contribution is -0.0268. The topological polar surface area (TPSA) is 129 Å². The number of hydrogen-bond donors (Lipinski definition) is 2. The molecule has 216 valence electrons. The van der Waals surface area contributed by atoms with E-state index in [9.17, 15) is 17.2 Å². The van der Waals surface area contributed by atoms with Gasteiger partial charge in [-0.2, -0.15) is 5.10 Å². The number of rotatable bonds is 8. The molecule has 3 aromatic heterocycles. The van der Waals surface area contributed by atoms with Crippen molar-refractivity contribution in [2.75, 3.05) is 53.1 Å². The number of pyridine rings is 1. The Balaban J connectivity index is 1.23. The lowest BCUT2D eigenvalue weighted by Gasteiger charge is -2.40. The first-order valence-electron chi connectivity index (χ1n) is 13.6. The predicted octanol–water partition coefficient (Wildman–Crippen LogP) is 3.62. The second-order valence-electron chi connectivity index (χ2n) is 11.3. The molecule has 1 aliphatic carbocycles. The highest BCUT2D eigenvalue weighted by Crippen LogP contribution is 2.54. The Labute approximate surface area is 234 Å². The quantitative estimate of drug-likeness (QED) is 0.319. The number of nitrogens with zero attached hydrogens (tertiary/aromatic N) is 6. The van der Waals surface area contributed by atoms with Crippen LogP contribution in [0.5, 0.6) is 0 Å². The molecule has 3 aliphatic rings. The van der Waals surface area contributed by atoms with Crippen molar-refractivity contribution in [3.63, 3.8) is 0 Å². The summed E-state index contributed by atoms with van der Waals surface area (Å²) in [6.45, 7) is 0.377. The molecule has 0 amide bonds. The van der Waals surface area contributed by atoms with Gasteiger partial charge in [0.1, 0.15) is 5.82 Å². The maximum absolute atomic E-state index is 13.6. The van der Waals surface area contributed by atoms with Gasteiger partial charge in [-0.15, -0.1) is 10.2 Å². The third-order valence-corrected chi connectivity index (χ3v) is 9.57. The Kier molecular flexibility index (Phi) is 5.98. The van der Waals surface area contributed by atoms with E-state index in [2.05, 4.69) is 24.9 Å². The van der Waals surface area contributed by atoms with Crippen molar-refractivity contribution >= 4 is 32.7 Å². The molecule has 5 heterocycles. The van der Waals surface area contributed by atoms with Crippen molar-refractivity contribution in [2.45, 2.75) is 31.6 Å². The average Bonchev–Trinajstić information content (AvgIpc) is 3.28. The van der Waals surface area contributed by atoms with Crippen molar-refractivity contribution in [1.82, 2.24) is 19.8 Å². The molecule has 3 fully saturated rings. The van der Waals surface area contributed by atoms with E-state index in [0.29, 0.717) is 33.6 Å². The van der Waals surface area contributed by atoms with Crippen LogP contribution in [0.4, 0.5) is 26.0 Å². The van der Waals surface area contributed by atoms with Crippen molar-refractivity contribution in [1.29, 1.82) is 0 Å². The molecule has 0 bridgehead atoms. The van der Waals surface area contributed by atoms with Crippen LogP contribution in [0.2, 0.25) is 0 Å². The molecule has 2 aliphatic heterocycles.